The third kappa shape index (κ3) is 5.63. The van der Waals surface area contributed by atoms with Crippen molar-refractivity contribution in [2.24, 2.45) is 0 Å². The van der Waals surface area contributed by atoms with Crippen molar-refractivity contribution in [1.82, 2.24) is 4.90 Å². The summed E-state index contributed by atoms with van der Waals surface area (Å²) >= 11 is 0.781. The maximum Gasteiger partial charge on any atom is 0.416 e. The fraction of sp³-hybridized carbons (Fsp3) is 0.0714. The molecule has 1 heterocycles. The van der Waals surface area contributed by atoms with Crippen LogP contribution in [0.5, 0.6) is 11.5 Å². The topological polar surface area (TPSA) is 89.7 Å². The van der Waals surface area contributed by atoms with E-state index in [2.05, 4.69) is 0 Å². The summed E-state index contributed by atoms with van der Waals surface area (Å²) in [5, 5.41) is 13.0. The first-order valence-corrected chi connectivity index (χ1v) is 12.3. The lowest BCUT2D eigenvalue weighted by Gasteiger charge is -2.13. The fourth-order valence-corrected chi connectivity index (χ4v) is 4.86. The first-order valence-electron chi connectivity index (χ1n) is 11.4. The van der Waals surface area contributed by atoms with Crippen molar-refractivity contribution >= 4 is 45.4 Å². The van der Waals surface area contributed by atoms with Gasteiger partial charge in [0, 0.05) is 6.07 Å². The maximum absolute atomic E-state index is 13.0. The maximum atomic E-state index is 13.0. The predicted molar refractivity (Wildman–Crippen MR) is 140 cm³/mol. The summed E-state index contributed by atoms with van der Waals surface area (Å²) < 4.78 is 44.5. The van der Waals surface area contributed by atoms with Gasteiger partial charge in [-0.1, -0.05) is 48.5 Å². The monoisotopic (exact) mass is 550 g/mol. The van der Waals surface area contributed by atoms with Crippen LogP contribution in [0.2, 0.25) is 0 Å². The molecule has 7 nitrogen and oxygen atoms in total. The lowest BCUT2D eigenvalue weighted by molar-refractivity contribution is -0.385. The van der Waals surface area contributed by atoms with Gasteiger partial charge in [0.1, 0.15) is 5.75 Å². The van der Waals surface area contributed by atoms with Gasteiger partial charge in [0.05, 0.1) is 21.9 Å². The van der Waals surface area contributed by atoms with Gasteiger partial charge in [-0.2, -0.15) is 13.2 Å². The van der Waals surface area contributed by atoms with Crippen LogP contribution < -0.4 is 4.74 Å². The number of nitro benzene ring substituents is 1. The molecule has 0 atom stereocenters. The zero-order valence-electron chi connectivity index (χ0n) is 19.8. The molecule has 0 aromatic heterocycles. The summed E-state index contributed by atoms with van der Waals surface area (Å²) in [5.41, 5.74) is -0.760. The highest BCUT2D eigenvalue weighted by molar-refractivity contribution is 8.18. The number of thioether (sulfide) groups is 1. The Hall–Kier alpha value is -4.64. The Morgan fingerprint density at radius 2 is 1.69 bits per heavy atom. The molecule has 0 saturated carbocycles. The molecule has 0 aliphatic carbocycles. The Bertz CT molecular complexity index is 1670. The smallest absolute Gasteiger partial charge is 0.416 e. The zero-order valence-corrected chi connectivity index (χ0v) is 20.7. The van der Waals surface area contributed by atoms with E-state index in [1.54, 1.807) is 12.1 Å². The average molecular weight is 551 g/mol. The van der Waals surface area contributed by atoms with Crippen LogP contribution in [0, 0.1) is 10.1 Å². The molecule has 0 bridgehead atoms. The molecule has 1 saturated heterocycles. The van der Waals surface area contributed by atoms with E-state index in [0.29, 0.717) is 17.7 Å². The molecule has 0 spiro atoms. The normalized spacial score (nSPS) is 14.8. The number of halogens is 3. The van der Waals surface area contributed by atoms with Gasteiger partial charge in [0.2, 0.25) is 5.75 Å². The van der Waals surface area contributed by atoms with Gasteiger partial charge in [0.15, 0.2) is 0 Å². The predicted octanol–water partition coefficient (Wildman–Crippen LogP) is 7.80. The number of benzene rings is 4. The molecular formula is C28H17F3N2O5S. The quantitative estimate of drug-likeness (QED) is 0.138. The van der Waals surface area contributed by atoms with Crippen LogP contribution in [-0.4, -0.2) is 21.0 Å². The second-order valence-corrected chi connectivity index (χ2v) is 9.55. The minimum Gasteiger partial charge on any atom is -0.450 e. The molecule has 1 aliphatic heterocycles. The summed E-state index contributed by atoms with van der Waals surface area (Å²) in [6.45, 7) is 0.105. The van der Waals surface area contributed by atoms with Crippen molar-refractivity contribution in [3.05, 3.63) is 117 Å². The first-order chi connectivity index (χ1) is 18.6. The second kappa shape index (κ2) is 10.3. The number of carbonyl (C=O) groups is 2. The molecule has 11 heteroatoms. The van der Waals surface area contributed by atoms with Crippen LogP contribution in [0.3, 0.4) is 0 Å². The van der Waals surface area contributed by atoms with E-state index >= 15 is 0 Å². The Kier molecular flexibility index (Phi) is 6.83. The summed E-state index contributed by atoms with van der Waals surface area (Å²) in [6, 6.07) is 21.5. The molecule has 1 aliphatic rings. The lowest BCUT2D eigenvalue weighted by Crippen LogP contribution is -2.27. The molecule has 0 unspecified atom stereocenters. The number of amides is 2. The number of hydrogen-bond acceptors (Lipinski definition) is 6. The largest absolute Gasteiger partial charge is 0.450 e. The van der Waals surface area contributed by atoms with Crippen LogP contribution >= 0.6 is 11.8 Å². The van der Waals surface area contributed by atoms with Crippen molar-refractivity contribution in [3.63, 3.8) is 0 Å². The molecule has 4 aromatic carbocycles. The van der Waals surface area contributed by atoms with Gasteiger partial charge in [-0.15, -0.1) is 0 Å². The number of alkyl halides is 3. The molecule has 0 radical (unpaired) electrons. The second-order valence-electron chi connectivity index (χ2n) is 8.56. The highest BCUT2D eigenvalue weighted by Gasteiger charge is 2.35. The van der Waals surface area contributed by atoms with Crippen molar-refractivity contribution in [2.75, 3.05) is 0 Å². The number of nitrogens with zero attached hydrogens (tertiary/aromatic N) is 2. The van der Waals surface area contributed by atoms with E-state index in [1.807, 2.05) is 42.5 Å². The number of fused-ring (bicyclic) bond motifs is 1. The number of nitro groups is 1. The minimum absolute atomic E-state index is 0.0991. The van der Waals surface area contributed by atoms with Crippen molar-refractivity contribution in [3.8, 4) is 11.5 Å². The van der Waals surface area contributed by atoms with Gasteiger partial charge < -0.3 is 4.74 Å². The fourth-order valence-electron chi connectivity index (χ4n) is 4.02. The molecule has 1 fully saturated rings. The third-order valence-electron chi connectivity index (χ3n) is 5.89. The number of rotatable bonds is 6. The van der Waals surface area contributed by atoms with Crippen LogP contribution in [0.1, 0.15) is 16.7 Å². The van der Waals surface area contributed by atoms with Crippen LogP contribution in [0.25, 0.3) is 16.8 Å². The van der Waals surface area contributed by atoms with E-state index in [4.69, 9.17) is 4.74 Å². The highest BCUT2D eigenvalue weighted by Crippen LogP contribution is 2.38. The Morgan fingerprint density at radius 3 is 2.44 bits per heavy atom. The first kappa shape index (κ1) is 26.0. The standard InChI is InChI=1S/C28H17F3N2O5S/c29-28(30,31)21-10-11-24(23(15-21)33(36)37)38-22-7-3-4-17(13-22)14-25-26(34)32(27(35)39-25)16-18-8-9-19-5-1-2-6-20(19)12-18/h1-15H,16H2/b25-14-. The Morgan fingerprint density at radius 1 is 0.923 bits per heavy atom. The van der Waals surface area contributed by atoms with E-state index < -0.39 is 33.5 Å². The van der Waals surface area contributed by atoms with Crippen molar-refractivity contribution in [1.29, 1.82) is 0 Å². The Labute approximate surface area is 223 Å². The van der Waals surface area contributed by atoms with Crippen LogP contribution in [-0.2, 0) is 17.5 Å². The zero-order chi connectivity index (χ0) is 27.7. The van der Waals surface area contributed by atoms with Gasteiger partial charge >= 0.3 is 11.9 Å². The average Bonchev–Trinajstić information content (AvgIpc) is 3.15. The van der Waals surface area contributed by atoms with Crippen molar-refractivity contribution < 1.29 is 32.4 Å². The summed E-state index contributed by atoms with van der Waals surface area (Å²) in [7, 11) is 0. The Balaban J connectivity index is 1.35. The highest BCUT2D eigenvalue weighted by atomic mass is 32.2. The molecule has 2 amide bonds. The summed E-state index contributed by atoms with van der Waals surface area (Å²) in [4.78, 5) is 37.4. The van der Waals surface area contributed by atoms with E-state index in [-0.39, 0.29) is 22.9 Å². The van der Waals surface area contributed by atoms with Gasteiger partial charge in [-0.3, -0.25) is 24.6 Å². The van der Waals surface area contributed by atoms with Crippen LogP contribution in [0.4, 0.5) is 23.7 Å². The molecular weight excluding hydrogens is 533 g/mol. The van der Waals surface area contributed by atoms with Gasteiger partial charge in [0.25, 0.3) is 11.1 Å². The number of imide groups is 1. The SMILES string of the molecule is O=C1S/C(=C\c2cccc(Oc3ccc(C(F)(F)F)cc3[N+](=O)[O-])c2)C(=O)N1Cc1ccc2ccccc2c1. The van der Waals surface area contributed by atoms with E-state index in [1.165, 1.54) is 18.2 Å². The number of ether oxygens (including phenoxy) is 1. The summed E-state index contributed by atoms with van der Waals surface area (Å²) in [6.07, 6.45) is -3.26. The van der Waals surface area contributed by atoms with Crippen molar-refractivity contribution in [2.45, 2.75) is 12.7 Å². The van der Waals surface area contributed by atoms with E-state index in [0.717, 1.165) is 39.1 Å². The molecule has 39 heavy (non-hydrogen) atoms. The number of hydrogen-bond donors (Lipinski definition) is 0. The number of carbonyl (C=O) groups excluding carboxylic acids is 2. The lowest BCUT2D eigenvalue weighted by atomic mass is 10.1. The van der Waals surface area contributed by atoms with E-state index in [9.17, 15) is 32.9 Å². The van der Waals surface area contributed by atoms with Crippen LogP contribution in [0.15, 0.2) is 89.8 Å². The minimum atomic E-state index is -4.75. The molecule has 196 valence electrons. The molecule has 4 aromatic rings. The summed E-state index contributed by atoms with van der Waals surface area (Å²) in [5.74, 6) is -0.745. The third-order valence-corrected chi connectivity index (χ3v) is 6.80. The van der Waals surface area contributed by atoms with Gasteiger partial charge in [-0.05, 0) is 70.1 Å². The molecule has 5 rings (SSSR count). The van der Waals surface area contributed by atoms with Gasteiger partial charge in [-0.25, -0.2) is 0 Å². The molecule has 0 N–H and O–H groups in total.